The van der Waals surface area contributed by atoms with Crippen molar-refractivity contribution in [3.63, 3.8) is 0 Å². The highest BCUT2D eigenvalue weighted by atomic mass is 35.5. The highest BCUT2D eigenvalue weighted by molar-refractivity contribution is 7.86. The Morgan fingerprint density at radius 1 is 1.50 bits per heavy atom. The van der Waals surface area contributed by atoms with Crippen molar-refractivity contribution >= 4 is 21.7 Å². The summed E-state index contributed by atoms with van der Waals surface area (Å²) < 4.78 is 26.4. The van der Waals surface area contributed by atoms with Crippen molar-refractivity contribution in [3.8, 4) is 0 Å². The highest BCUT2D eigenvalue weighted by Crippen LogP contribution is 2.20. The van der Waals surface area contributed by atoms with Crippen molar-refractivity contribution in [3.05, 3.63) is 29.0 Å². The Morgan fingerprint density at radius 2 is 2.14 bits per heavy atom. The van der Waals surface area contributed by atoms with Gasteiger partial charge in [0.05, 0.1) is 11.3 Å². The second kappa shape index (κ2) is 4.25. The molecule has 0 spiro atoms. The van der Waals surface area contributed by atoms with Crippen LogP contribution in [-0.4, -0.2) is 19.7 Å². The fraction of sp³-hybridized carbons (Fsp3) is 0.375. The second-order valence-corrected chi connectivity index (χ2v) is 4.92. The minimum atomic E-state index is -3.46. The SMILES string of the molecule is CC(OS(C)(=O)=O)c1cncc(Cl)c1. The summed E-state index contributed by atoms with van der Waals surface area (Å²) in [4.78, 5) is 3.83. The van der Waals surface area contributed by atoms with E-state index < -0.39 is 16.2 Å². The van der Waals surface area contributed by atoms with Crippen LogP contribution in [0.2, 0.25) is 5.02 Å². The molecule has 14 heavy (non-hydrogen) atoms. The van der Waals surface area contributed by atoms with Crippen LogP contribution in [0.4, 0.5) is 0 Å². The quantitative estimate of drug-likeness (QED) is 0.750. The summed E-state index contributed by atoms with van der Waals surface area (Å²) in [5, 5.41) is 0.450. The molecule has 6 heteroatoms. The molecular weight excluding hydrogens is 226 g/mol. The zero-order valence-electron chi connectivity index (χ0n) is 7.77. The lowest BCUT2D eigenvalue weighted by atomic mass is 10.2. The first-order valence-electron chi connectivity index (χ1n) is 3.87. The predicted molar refractivity (Wildman–Crippen MR) is 53.6 cm³/mol. The van der Waals surface area contributed by atoms with Gasteiger partial charge in [0.2, 0.25) is 0 Å². The van der Waals surface area contributed by atoms with E-state index in [1.54, 1.807) is 13.0 Å². The van der Waals surface area contributed by atoms with E-state index in [-0.39, 0.29) is 0 Å². The first-order valence-corrected chi connectivity index (χ1v) is 6.06. The van der Waals surface area contributed by atoms with Crippen LogP contribution in [0.5, 0.6) is 0 Å². The smallest absolute Gasteiger partial charge is 0.263 e. The largest absolute Gasteiger partial charge is 0.264 e. The maximum absolute atomic E-state index is 10.8. The zero-order valence-corrected chi connectivity index (χ0v) is 9.34. The van der Waals surface area contributed by atoms with Crippen LogP contribution in [0.3, 0.4) is 0 Å². The number of hydrogen-bond acceptors (Lipinski definition) is 4. The minimum absolute atomic E-state index is 0.450. The Labute approximate surface area is 88.0 Å². The molecule has 0 saturated carbocycles. The predicted octanol–water partition coefficient (Wildman–Crippen LogP) is 1.77. The molecule has 0 N–H and O–H groups in total. The van der Waals surface area contributed by atoms with Crippen LogP contribution < -0.4 is 0 Å². The van der Waals surface area contributed by atoms with Crippen molar-refractivity contribution in [1.82, 2.24) is 4.98 Å². The third kappa shape index (κ3) is 3.61. The summed E-state index contributed by atoms with van der Waals surface area (Å²) in [5.41, 5.74) is 0.628. The van der Waals surface area contributed by atoms with Crippen LogP contribution in [0, 0.1) is 0 Å². The molecule has 1 aromatic heterocycles. The summed E-state index contributed by atoms with van der Waals surface area (Å²) >= 11 is 5.69. The van der Waals surface area contributed by atoms with E-state index in [4.69, 9.17) is 15.8 Å². The van der Waals surface area contributed by atoms with Crippen molar-refractivity contribution in [2.45, 2.75) is 13.0 Å². The van der Waals surface area contributed by atoms with Crippen LogP contribution in [0.15, 0.2) is 18.5 Å². The molecule has 0 aromatic carbocycles. The van der Waals surface area contributed by atoms with Crippen LogP contribution >= 0.6 is 11.6 Å². The van der Waals surface area contributed by atoms with Gasteiger partial charge in [-0.3, -0.25) is 9.17 Å². The van der Waals surface area contributed by atoms with Gasteiger partial charge in [-0.15, -0.1) is 0 Å². The molecule has 0 saturated heterocycles. The molecule has 0 aliphatic heterocycles. The molecule has 0 bridgehead atoms. The average molecular weight is 236 g/mol. The summed E-state index contributed by atoms with van der Waals surface area (Å²) in [7, 11) is -3.46. The first kappa shape index (κ1) is 11.4. The van der Waals surface area contributed by atoms with Crippen molar-refractivity contribution in [2.75, 3.05) is 6.26 Å². The Hall–Kier alpha value is -0.650. The van der Waals surface area contributed by atoms with Gasteiger partial charge in [-0.1, -0.05) is 11.6 Å². The van der Waals surface area contributed by atoms with E-state index >= 15 is 0 Å². The molecule has 1 atom stereocenters. The summed E-state index contributed by atoms with van der Waals surface area (Å²) in [6.07, 6.45) is 3.41. The normalized spacial score (nSPS) is 13.9. The monoisotopic (exact) mass is 235 g/mol. The van der Waals surface area contributed by atoms with E-state index in [1.165, 1.54) is 12.4 Å². The lowest BCUT2D eigenvalue weighted by Crippen LogP contribution is -2.07. The van der Waals surface area contributed by atoms with Gasteiger partial charge >= 0.3 is 0 Å². The Balaban J connectivity index is 2.85. The molecule has 78 valence electrons. The van der Waals surface area contributed by atoms with Gasteiger partial charge in [-0.2, -0.15) is 8.42 Å². The summed E-state index contributed by atoms with van der Waals surface area (Å²) in [6, 6.07) is 1.62. The van der Waals surface area contributed by atoms with Gasteiger partial charge in [-0.25, -0.2) is 0 Å². The second-order valence-electron chi connectivity index (χ2n) is 2.88. The van der Waals surface area contributed by atoms with Gasteiger partial charge in [-0.05, 0) is 13.0 Å². The fourth-order valence-electron chi connectivity index (χ4n) is 0.968. The van der Waals surface area contributed by atoms with Gasteiger partial charge in [0.1, 0.15) is 6.10 Å². The Kier molecular flexibility index (Phi) is 3.47. The third-order valence-corrected chi connectivity index (χ3v) is 2.36. The summed E-state index contributed by atoms with van der Waals surface area (Å²) in [5.74, 6) is 0. The van der Waals surface area contributed by atoms with E-state index in [2.05, 4.69) is 4.98 Å². The average Bonchev–Trinajstić information content (AvgIpc) is 2.01. The van der Waals surface area contributed by atoms with E-state index in [0.717, 1.165) is 6.26 Å². The molecule has 1 aromatic rings. The number of rotatable bonds is 3. The number of hydrogen-bond donors (Lipinski definition) is 0. The highest BCUT2D eigenvalue weighted by Gasteiger charge is 2.12. The number of aromatic nitrogens is 1. The molecule has 0 amide bonds. The molecule has 0 fully saturated rings. The molecule has 0 aliphatic rings. The number of halogens is 1. The lowest BCUT2D eigenvalue weighted by molar-refractivity contribution is 0.236. The van der Waals surface area contributed by atoms with Gasteiger partial charge in [0.25, 0.3) is 10.1 Å². The summed E-state index contributed by atoms with van der Waals surface area (Å²) in [6.45, 7) is 1.62. The molecule has 4 nitrogen and oxygen atoms in total. The van der Waals surface area contributed by atoms with Gasteiger partial charge in [0, 0.05) is 18.0 Å². The molecular formula is C8H10ClNO3S. The maximum atomic E-state index is 10.8. The van der Waals surface area contributed by atoms with Crippen LogP contribution in [0.1, 0.15) is 18.6 Å². The van der Waals surface area contributed by atoms with Crippen molar-refractivity contribution < 1.29 is 12.6 Å². The number of pyridine rings is 1. The molecule has 1 rings (SSSR count). The first-order chi connectivity index (χ1) is 6.38. The van der Waals surface area contributed by atoms with E-state index in [1.807, 2.05) is 0 Å². The number of nitrogens with zero attached hydrogens (tertiary/aromatic N) is 1. The van der Waals surface area contributed by atoms with E-state index in [9.17, 15) is 8.42 Å². The Morgan fingerprint density at radius 3 is 2.64 bits per heavy atom. The van der Waals surface area contributed by atoms with Crippen molar-refractivity contribution in [2.24, 2.45) is 0 Å². The molecule has 0 radical (unpaired) electrons. The van der Waals surface area contributed by atoms with Gasteiger partial charge < -0.3 is 0 Å². The zero-order chi connectivity index (χ0) is 10.8. The standard InChI is InChI=1S/C8H10ClNO3S/c1-6(13-14(2,11)12)7-3-8(9)5-10-4-7/h3-6H,1-2H3. The van der Waals surface area contributed by atoms with Crippen LogP contribution in [-0.2, 0) is 14.3 Å². The molecule has 0 aliphatic carbocycles. The van der Waals surface area contributed by atoms with Crippen molar-refractivity contribution in [1.29, 1.82) is 0 Å². The van der Waals surface area contributed by atoms with Gasteiger partial charge in [0.15, 0.2) is 0 Å². The lowest BCUT2D eigenvalue weighted by Gasteiger charge is -2.10. The third-order valence-electron chi connectivity index (χ3n) is 1.51. The van der Waals surface area contributed by atoms with Crippen LogP contribution in [0.25, 0.3) is 0 Å². The Bertz CT molecular complexity index is 418. The maximum Gasteiger partial charge on any atom is 0.264 e. The topological polar surface area (TPSA) is 56.3 Å². The molecule has 1 heterocycles. The fourth-order valence-corrected chi connectivity index (χ4v) is 1.79. The van der Waals surface area contributed by atoms with E-state index in [0.29, 0.717) is 10.6 Å². The molecule has 1 unspecified atom stereocenters. The minimum Gasteiger partial charge on any atom is -0.263 e.